The molecule has 2 saturated carbocycles. The van der Waals surface area contributed by atoms with Crippen LogP contribution >= 0.6 is 0 Å². The second-order valence-electron chi connectivity index (χ2n) is 8.48. The van der Waals surface area contributed by atoms with Gasteiger partial charge in [-0.3, -0.25) is 4.79 Å². The van der Waals surface area contributed by atoms with Gasteiger partial charge in [-0.25, -0.2) is 4.79 Å². The lowest BCUT2D eigenvalue weighted by atomic mass is 9.55. The Morgan fingerprint density at radius 2 is 1.95 bits per heavy atom. The number of ether oxygens (including phenoxy) is 1. The zero-order valence-corrected chi connectivity index (χ0v) is 14.1. The number of fused-ring (bicyclic) bond motifs is 3. The molecule has 0 amide bonds. The molecule has 0 aromatic heterocycles. The Hall–Kier alpha value is -1.38. The summed E-state index contributed by atoms with van der Waals surface area (Å²) in [6, 6.07) is 0. The van der Waals surface area contributed by atoms with Crippen LogP contribution in [0.15, 0.2) is 24.3 Å². The van der Waals surface area contributed by atoms with E-state index in [9.17, 15) is 9.59 Å². The van der Waals surface area contributed by atoms with Gasteiger partial charge in [-0.1, -0.05) is 26.8 Å². The lowest BCUT2D eigenvalue weighted by Gasteiger charge is -2.47. The predicted molar refractivity (Wildman–Crippen MR) is 85.1 cm³/mol. The van der Waals surface area contributed by atoms with Crippen LogP contribution in [0.1, 0.15) is 53.4 Å². The topological polar surface area (TPSA) is 43.4 Å². The molecule has 1 aliphatic heterocycles. The van der Waals surface area contributed by atoms with Crippen LogP contribution in [0.3, 0.4) is 0 Å². The smallest absolute Gasteiger partial charge is 0.331 e. The summed E-state index contributed by atoms with van der Waals surface area (Å²) in [5.41, 5.74) is 0.276. The highest BCUT2D eigenvalue weighted by molar-refractivity contribution is 5.90. The molecule has 0 bridgehead atoms. The Labute approximate surface area is 132 Å². The maximum Gasteiger partial charge on any atom is 0.331 e. The first-order valence-corrected chi connectivity index (χ1v) is 8.22. The van der Waals surface area contributed by atoms with Crippen LogP contribution in [-0.2, 0) is 14.3 Å². The Morgan fingerprint density at radius 3 is 2.59 bits per heavy atom. The van der Waals surface area contributed by atoms with E-state index < -0.39 is 5.41 Å². The summed E-state index contributed by atoms with van der Waals surface area (Å²) in [5.74, 6) is 0.373. The van der Waals surface area contributed by atoms with E-state index in [2.05, 4.69) is 27.4 Å². The molecule has 0 radical (unpaired) electrons. The molecule has 0 aromatic carbocycles. The number of carbonyl (C=O) groups is 2. The van der Waals surface area contributed by atoms with E-state index in [0.717, 1.165) is 24.8 Å². The van der Waals surface area contributed by atoms with Crippen LogP contribution in [0.5, 0.6) is 0 Å². The molecule has 3 heteroatoms. The molecule has 0 spiro atoms. The molecule has 4 atom stereocenters. The van der Waals surface area contributed by atoms with Crippen molar-refractivity contribution in [1.29, 1.82) is 0 Å². The van der Waals surface area contributed by atoms with Crippen LogP contribution in [0.2, 0.25) is 0 Å². The van der Waals surface area contributed by atoms with Gasteiger partial charge in [0.15, 0.2) is 0 Å². The summed E-state index contributed by atoms with van der Waals surface area (Å²) in [5, 5.41) is 0. The number of carbonyl (C=O) groups excluding carboxylic acids is 2. The molecule has 22 heavy (non-hydrogen) atoms. The molecule has 3 rings (SSSR count). The average Bonchev–Trinajstić information content (AvgIpc) is 2.82. The quantitative estimate of drug-likeness (QED) is 0.546. The van der Waals surface area contributed by atoms with Crippen LogP contribution in [0.4, 0.5) is 0 Å². The Balaban J connectivity index is 2.08. The Kier molecular flexibility index (Phi) is 3.22. The molecule has 0 saturated heterocycles. The summed E-state index contributed by atoms with van der Waals surface area (Å²) in [6.07, 6.45) is 6.66. The molecule has 2 fully saturated rings. The van der Waals surface area contributed by atoms with Gasteiger partial charge >= 0.3 is 5.97 Å². The van der Waals surface area contributed by atoms with Crippen molar-refractivity contribution in [2.45, 2.75) is 59.5 Å². The average molecular weight is 302 g/mol. The van der Waals surface area contributed by atoms with Crippen molar-refractivity contribution in [3.05, 3.63) is 24.3 Å². The molecule has 3 nitrogen and oxygen atoms in total. The number of Topliss-reactive ketones (excluding diaryl/α,β-unsaturated/α-hetero) is 1. The molecule has 0 N–H and O–H groups in total. The van der Waals surface area contributed by atoms with E-state index >= 15 is 0 Å². The summed E-state index contributed by atoms with van der Waals surface area (Å²) in [6.45, 7) is 12.4. The van der Waals surface area contributed by atoms with Crippen molar-refractivity contribution in [2.75, 3.05) is 0 Å². The van der Waals surface area contributed by atoms with Gasteiger partial charge in [-0.2, -0.15) is 0 Å². The van der Waals surface area contributed by atoms with Crippen LogP contribution in [-0.4, -0.2) is 17.9 Å². The first-order valence-electron chi connectivity index (χ1n) is 8.22. The van der Waals surface area contributed by atoms with Gasteiger partial charge in [0.2, 0.25) is 0 Å². The van der Waals surface area contributed by atoms with E-state index in [1.54, 1.807) is 6.08 Å². The summed E-state index contributed by atoms with van der Waals surface area (Å²) in [4.78, 5) is 24.6. The Bertz CT molecular complexity index is 585. The minimum atomic E-state index is -0.432. The van der Waals surface area contributed by atoms with Crippen LogP contribution in [0.25, 0.3) is 0 Å². The fraction of sp³-hybridized carbons (Fsp3) is 0.684. The molecule has 2 aliphatic carbocycles. The van der Waals surface area contributed by atoms with E-state index in [0.29, 0.717) is 12.3 Å². The number of allylic oxidation sites excluding steroid dienone is 1. The lowest BCUT2D eigenvalue weighted by molar-refractivity contribution is -0.143. The first kappa shape index (κ1) is 15.5. The van der Waals surface area contributed by atoms with Crippen molar-refractivity contribution in [1.82, 2.24) is 0 Å². The lowest BCUT2D eigenvalue weighted by Crippen LogP contribution is -2.46. The third kappa shape index (κ3) is 2.01. The van der Waals surface area contributed by atoms with Gasteiger partial charge in [0, 0.05) is 28.7 Å². The van der Waals surface area contributed by atoms with Crippen molar-refractivity contribution in [3.63, 3.8) is 0 Å². The van der Waals surface area contributed by atoms with E-state index in [1.807, 2.05) is 13.0 Å². The zero-order chi connectivity index (χ0) is 16.3. The van der Waals surface area contributed by atoms with Gasteiger partial charge in [0.25, 0.3) is 0 Å². The molecule has 1 heterocycles. The summed E-state index contributed by atoms with van der Waals surface area (Å²) in [7, 11) is 0. The normalized spacial score (nSPS) is 43.5. The maximum atomic E-state index is 12.7. The monoisotopic (exact) mass is 302 g/mol. The van der Waals surface area contributed by atoms with Gasteiger partial charge in [-0.15, -0.1) is 6.58 Å². The third-order valence-corrected chi connectivity index (χ3v) is 6.48. The van der Waals surface area contributed by atoms with Crippen LogP contribution in [0, 0.1) is 22.2 Å². The van der Waals surface area contributed by atoms with E-state index in [1.165, 1.54) is 0 Å². The van der Waals surface area contributed by atoms with Crippen molar-refractivity contribution in [3.8, 4) is 0 Å². The number of rotatable bonds is 1. The molecule has 0 aromatic rings. The minimum Gasteiger partial charge on any atom is -0.454 e. The van der Waals surface area contributed by atoms with Crippen molar-refractivity contribution < 1.29 is 14.3 Å². The number of esters is 1. The highest BCUT2D eigenvalue weighted by atomic mass is 16.5. The molecule has 120 valence electrons. The standard InChI is InChI=1S/C19H26O3/c1-6-18(4)10-12-7-8-17(2,3)16-13(9-15(21)22-16)19(12,5)11-14(18)20/h6,9,12,16H,1,7-8,10-11H2,2-5H3/t12-,16+,18+,19-/m0/s1. The van der Waals surface area contributed by atoms with Crippen LogP contribution < -0.4 is 0 Å². The fourth-order valence-electron chi connectivity index (χ4n) is 4.62. The molecule has 0 unspecified atom stereocenters. The predicted octanol–water partition coefficient (Wildman–Crippen LogP) is 3.84. The van der Waals surface area contributed by atoms with Crippen molar-refractivity contribution >= 4 is 11.8 Å². The van der Waals surface area contributed by atoms with Crippen molar-refractivity contribution in [2.24, 2.45) is 22.2 Å². The molecular formula is C19H26O3. The fourth-order valence-corrected chi connectivity index (χ4v) is 4.62. The summed E-state index contributed by atoms with van der Waals surface area (Å²) >= 11 is 0. The highest BCUT2D eigenvalue weighted by Gasteiger charge is 2.57. The largest absolute Gasteiger partial charge is 0.454 e. The van der Waals surface area contributed by atoms with Gasteiger partial charge in [0.05, 0.1) is 0 Å². The number of ketones is 1. The highest BCUT2D eigenvalue weighted by Crippen LogP contribution is 2.59. The summed E-state index contributed by atoms with van der Waals surface area (Å²) < 4.78 is 5.63. The van der Waals surface area contributed by atoms with Gasteiger partial charge in [0.1, 0.15) is 11.9 Å². The molecule has 3 aliphatic rings. The third-order valence-electron chi connectivity index (χ3n) is 6.48. The number of hydrogen-bond acceptors (Lipinski definition) is 3. The Morgan fingerprint density at radius 1 is 1.27 bits per heavy atom. The zero-order valence-electron chi connectivity index (χ0n) is 14.1. The second kappa shape index (κ2) is 4.56. The van der Waals surface area contributed by atoms with E-state index in [-0.39, 0.29) is 28.7 Å². The van der Waals surface area contributed by atoms with Gasteiger partial charge < -0.3 is 4.74 Å². The molecular weight excluding hydrogens is 276 g/mol. The minimum absolute atomic E-state index is 0.0774. The van der Waals surface area contributed by atoms with E-state index in [4.69, 9.17) is 4.74 Å². The first-order chi connectivity index (χ1) is 10.1. The SMILES string of the molecule is C=C[C@]1(C)C[C@@H]2CCC(C)(C)[C@@H]3OC(=O)C=C3[C@@]2(C)CC1=O. The second-order valence-corrected chi connectivity index (χ2v) is 8.48. The maximum absolute atomic E-state index is 12.7. The number of hydrogen-bond donors (Lipinski definition) is 0. The van der Waals surface area contributed by atoms with Gasteiger partial charge in [-0.05, 0) is 37.7 Å².